The molecule has 3 aromatic rings. The van der Waals surface area contributed by atoms with E-state index in [1.54, 1.807) is 49.6 Å². The summed E-state index contributed by atoms with van der Waals surface area (Å²) in [5, 5.41) is 14.5. The number of carbonyl (C=O) groups is 2. The maximum absolute atomic E-state index is 12.5. The van der Waals surface area contributed by atoms with Crippen molar-refractivity contribution in [2.24, 2.45) is 0 Å². The summed E-state index contributed by atoms with van der Waals surface area (Å²) in [6.45, 7) is 2.21. The van der Waals surface area contributed by atoms with Crippen molar-refractivity contribution >= 4 is 34.0 Å². The quantitative estimate of drug-likeness (QED) is 0.681. The molecule has 0 aliphatic carbocycles. The second-order valence-electron chi connectivity index (χ2n) is 5.74. The van der Waals surface area contributed by atoms with Crippen LogP contribution in [0.15, 0.2) is 48.5 Å². The standard InChI is InChI=1S/C19H18N4O3S/c1-12-8-9-14(18(25)21-19-23-22-16(27-19)11-26-2)10-15(12)20-17(24)13-6-4-3-5-7-13/h3-10H,11H2,1-2H3,(H,20,24)(H,21,23,25). The van der Waals surface area contributed by atoms with E-state index in [1.165, 1.54) is 11.3 Å². The molecular formula is C19H18N4O3S. The molecule has 0 saturated heterocycles. The lowest BCUT2D eigenvalue weighted by molar-refractivity contribution is 0.101. The number of amides is 2. The first kappa shape index (κ1) is 18.7. The largest absolute Gasteiger partial charge is 0.377 e. The molecule has 0 fully saturated rings. The highest BCUT2D eigenvalue weighted by molar-refractivity contribution is 7.15. The minimum absolute atomic E-state index is 0.232. The minimum atomic E-state index is -0.328. The number of aryl methyl sites for hydroxylation is 1. The molecule has 0 spiro atoms. The van der Waals surface area contributed by atoms with Crippen molar-refractivity contribution < 1.29 is 14.3 Å². The molecular weight excluding hydrogens is 364 g/mol. The van der Waals surface area contributed by atoms with Crippen molar-refractivity contribution in [2.45, 2.75) is 13.5 Å². The Bertz CT molecular complexity index is 957. The van der Waals surface area contributed by atoms with Crippen LogP contribution >= 0.6 is 11.3 Å². The molecule has 3 rings (SSSR count). The highest BCUT2D eigenvalue weighted by Crippen LogP contribution is 2.21. The zero-order chi connectivity index (χ0) is 19.2. The van der Waals surface area contributed by atoms with E-state index in [4.69, 9.17) is 4.74 Å². The van der Waals surface area contributed by atoms with Gasteiger partial charge in [-0.3, -0.25) is 14.9 Å². The summed E-state index contributed by atoms with van der Waals surface area (Å²) in [5.74, 6) is -0.560. The predicted octanol–water partition coefficient (Wildman–Crippen LogP) is 3.50. The molecule has 1 heterocycles. The second kappa shape index (κ2) is 8.52. The molecule has 27 heavy (non-hydrogen) atoms. The fourth-order valence-electron chi connectivity index (χ4n) is 2.34. The number of nitrogens with one attached hydrogen (secondary N) is 2. The lowest BCUT2D eigenvalue weighted by atomic mass is 10.1. The van der Waals surface area contributed by atoms with Crippen molar-refractivity contribution in [2.75, 3.05) is 17.7 Å². The minimum Gasteiger partial charge on any atom is -0.377 e. The Labute approximate surface area is 160 Å². The third-order valence-corrected chi connectivity index (χ3v) is 4.55. The molecule has 7 nitrogen and oxygen atoms in total. The first-order valence-corrected chi connectivity index (χ1v) is 8.98. The Hall–Kier alpha value is -3.10. The predicted molar refractivity (Wildman–Crippen MR) is 104 cm³/mol. The van der Waals surface area contributed by atoms with Crippen LogP contribution in [0.3, 0.4) is 0 Å². The van der Waals surface area contributed by atoms with Crippen LogP contribution in [0.1, 0.15) is 31.3 Å². The van der Waals surface area contributed by atoms with Crippen molar-refractivity contribution in [1.82, 2.24) is 10.2 Å². The third kappa shape index (κ3) is 4.75. The molecule has 0 unspecified atom stereocenters. The summed E-state index contributed by atoms with van der Waals surface area (Å²) < 4.78 is 4.99. The van der Waals surface area contributed by atoms with Crippen LogP contribution in [0.2, 0.25) is 0 Å². The second-order valence-corrected chi connectivity index (χ2v) is 6.80. The Morgan fingerprint density at radius 3 is 2.48 bits per heavy atom. The highest BCUT2D eigenvalue weighted by atomic mass is 32.1. The van der Waals surface area contributed by atoms with Gasteiger partial charge in [-0.05, 0) is 36.8 Å². The molecule has 0 radical (unpaired) electrons. The van der Waals surface area contributed by atoms with Crippen LogP contribution in [-0.2, 0) is 11.3 Å². The first-order chi connectivity index (χ1) is 13.1. The normalized spacial score (nSPS) is 10.4. The van der Waals surface area contributed by atoms with Gasteiger partial charge in [0.2, 0.25) is 5.13 Å². The number of methoxy groups -OCH3 is 1. The molecule has 1 aromatic heterocycles. The number of carbonyl (C=O) groups excluding carboxylic acids is 2. The number of anilines is 2. The molecule has 138 valence electrons. The van der Waals surface area contributed by atoms with E-state index in [1.807, 2.05) is 13.0 Å². The average molecular weight is 382 g/mol. The summed E-state index contributed by atoms with van der Waals surface area (Å²) in [5.41, 5.74) is 2.39. The zero-order valence-corrected chi connectivity index (χ0v) is 15.7. The maximum Gasteiger partial charge on any atom is 0.257 e. The van der Waals surface area contributed by atoms with E-state index < -0.39 is 0 Å². The molecule has 0 bridgehead atoms. The zero-order valence-electron chi connectivity index (χ0n) is 14.9. The number of aromatic nitrogens is 2. The van der Waals surface area contributed by atoms with Crippen LogP contribution in [0.4, 0.5) is 10.8 Å². The van der Waals surface area contributed by atoms with Crippen molar-refractivity contribution in [3.63, 3.8) is 0 Å². The lowest BCUT2D eigenvalue weighted by Crippen LogP contribution is -2.15. The van der Waals surface area contributed by atoms with Gasteiger partial charge in [-0.1, -0.05) is 35.6 Å². The van der Waals surface area contributed by atoms with E-state index in [-0.39, 0.29) is 11.8 Å². The van der Waals surface area contributed by atoms with Gasteiger partial charge in [-0.25, -0.2) is 0 Å². The molecule has 2 aromatic carbocycles. The van der Waals surface area contributed by atoms with Gasteiger partial charge in [0.15, 0.2) is 0 Å². The van der Waals surface area contributed by atoms with Crippen LogP contribution in [0.25, 0.3) is 0 Å². The average Bonchev–Trinajstić information content (AvgIpc) is 3.11. The van der Waals surface area contributed by atoms with Gasteiger partial charge in [-0.2, -0.15) is 0 Å². The molecule has 0 aliphatic rings. The Morgan fingerprint density at radius 2 is 1.74 bits per heavy atom. The summed E-state index contributed by atoms with van der Waals surface area (Å²) in [6, 6.07) is 14.0. The Morgan fingerprint density at radius 1 is 1.00 bits per heavy atom. The van der Waals surface area contributed by atoms with Gasteiger partial charge in [0.05, 0.1) is 0 Å². The van der Waals surface area contributed by atoms with Crippen LogP contribution in [0.5, 0.6) is 0 Å². The summed E-state index contributed by atoms with van der Waals surface area (Å²) >= 11 is 1.25. The number of nitrogens with zero attached hydrogens (tertiary/aromatic N) is 2. The topological polar surface area (TPSA) is 93.2 Å². The van der Waals surface area contributed by atoms with E-state index in [0.29, 0.717) is 33.6 Å². The summed E-state index contributed by atoms with van der Waals surface area (Å²) in [6.07, 6.45) is 0. The fraction of sp³-hybridized carbons (Fsp3) is 0.158. The van der Waals surface area contributed by atoms with Gasteiger partial charge in [0, 0.05) is 23.9 Å². The lowest BCUT2D eigenvalue weighted by Gasteiger charge is -2.10. The molecule has 0 saturated carbocycles. The van der Waals surface area contributed by atoms with Crippen LogP contribution in [-0.4, -0.2) is 29.1 Å². The van der Waals surface area contributed by atoms with E-state index in [0.717, 1.165) is 5.56 Å². The van der Waals surface area contributed by atoms with Crippen LogP contribution < -0.4 is 10.6 Å². The summed E-state index contributed by atoms with van der Waals surface area (Å²) in [7, 11) is 1.57. The SMILES string of the molecule is COCc1nnc(NC(=O)c2ccc(C)c(NC(=O)c3ccccc3)c2)s1. The van der Waals surface area contributed by atoms with Gasteiger partial charge < -0.3 is 10.1 Å². The number of hydrogen-bond donors (Lipinski definition) is 2. The highest BCUT2D eigenvalue weighted by Gasteiger charge is 2.13. The Kier molecular flexibility index (Phi) is 5.90. The van der Waals surface area contributed by atoms with Gasteiger partial charge in [0.1, 0.15) is 11.6 Å². The van der Waals surface area contributed by atoms with E-state index >= 15 is 0 Å². The smallest absolute Gasteiger partial charge is 0.257 e. The third-order valence-electron chi connectivity index (χ3n) is 3.74. The fourth-order valence-corrected chi connectivity index (χ4v) is 3.04. The monoisotopic (exact) mass is 382 g/mol. The van der Waals surface area contributed by atoms with Crippen LogP contribution in [0, 0.1) is 6.92 Å². The van der Waals surface area contributed by atoms with E-state index in [2.05, 4.69) is 20.8 Å². The van der Waals surface area contributed by atoms with E-state index in [9.17, 15) is 9.59 Å². The number of ether oxygens (including phenoxy) is 1. The Balaban J connectivity index is 1.73. The first-order valence-electron chi connectivity index (χ1n) is 8.16. The van der Waals surface area contributed by atoms with Gasteiger partial charge in [0.25, 0.3) is 11.8 Å². The number of hydrogen-bond acceptors (Lipinski definition) is 6. The number of benzene rings is 2. The maximum atomic E-state index is 12.5. The molecule has 0 atom stereocenters. The molecule has 8 heteroatoms. The molecule has 2 amide bonds. The van der Waals surface area contributed by atoms with Crippen molar-refractivity contribution in [3.8, 4) is 0 Å². The number of rotatable bonds is 6. The van der Waals surface area contributed by atoms with Gasteiger partial charge >= 0.3 is 0 Å². The van der Waals surface area contributed by atoms with Gasteiger partial charge in [-0.15, -0.1) is 10.2 Å². The molecule has 0 aliphatic heterocycles. The summed E-state index contributed by atoms with van der Waals surface area (Å²) in [4.78, 5) is 24.8. The van der Waals surface area contributed by atoms with Crippen molar-refractivity contribution in [1.29, 1.82) is 0 Å². The molecule has 2 N–H and O–H groups in total. The van der Waals surface area contributed by atoms with Crippen molar-refractivity contribution in [3.05, 3.63) is 70.2 Å².